The van der Waals surface area contributed by atoms with Crippen LogP contribution < -0.4 is 16.0 Å². The third-order valence-corrected chi connectivity index (χ3v) is 3.60. The first kappa shape index (κ1) is 14.3. The van der Waals surface area contributed by atoms with Gasteiger partial charge in [-0.1, -0.05) is 20.8 Å². The summed E-state index contributed by atoms with van der Waals surface area (Å²) in [6.07, 6.45) is 1.75. The van der Waals surface area contributed by atoms with Crippen LogP contribution in [0.3, 0.4) is 0 Å². The second-order valence-electron chi connectivity index (χ2n) is 4.73. The Balaban J connectivity index is 2.79. The van der Waals surface area contributed by atoms with E-state index in [-0.39, 0.29) is 10.8 Å². The van der Waals surface area contributed by atoms with E-state index >= 15 is 0 Å². The molecule has 0 aliphatic carbocycles. The topological polar surface area (TPSA) is 60.2 Å². The Morgan fingerprint density at radius 3 is 2.76 bits per heavy atom. The number of hydrazine groups is 1. The number of nitrogens with one attached hydrogen (secondary N) is 1. The lowest BCUT2D eigenvalue weighted by Crippen LogP contribution is -2.31. The molecule has 0 amide bonds. The van der Waals surface area contributed by atoms with E-state index in [1.165, 1.54) is 0 Å². The van der Waals surface area contributed by atoms with Gasteiger partial charge in [0.1, 0.15) is 11.4 Å². The second kappa shape index (κ2) is 6.23. The monoisotopic (exact) mass is 255 g/mol. The van der Waals surface area contributed by atoms with Gasteiger partial charge in [0.25, 0.3) is 0 Å². The molecule has 1 aromatic heterocycles. The van der Waals surface area contributed by atoms with Gasteiger partial charge in [-0.15, -0.1) is 0 Å². The number of ether oxygens (including phenoxy) is 1. The molecule has 1 unspecified atom stereocenters. The van der Waals surface area contributed by atoms with Gasteiger partial charge in [-0.3, -0.25) is 16.3 Å². The molecule has 3 N–H and O–H groups in total. The van der Waals surface area contributed by atoms with Gasteiger partial charge in [0.2, 0.25) is 0 Å². The van der Waals surface area contributed by atoms with Crippen molar-refractivity contribution in [2.24, 2.45) is 5.84 Å². The fourth-order valence-corrected chi connectivity index (χ4v) is 2.30. The highest BCUT2D eigenvalue weighted by atomic mass is 32.2. The summed E-state index contributed by atoms with van der Waals surface area (Å²) in [5.41, 5.74) is 3.66. The number of hydrogen-bond donors (Lipinski definition) is 2. The van der Waals surface area contributed by atoms with Gasteiger partial charge in [0.15, 0.2) is 0 Å². The van der Waals surface area contributed by atoms with Crippen LogP contribution in [0.4, 0.5) is 0 Å². The Labute approximate surface area is 107 Å². The molecule has 17 heavy (non-hydrogen) atoms. The molecule has 4 nitrogen and oxygen atoms in total. The summed E-state index contributed by atoms with van der Waals surface area (Å²) in [4.78, 5) is 4.34. The minimum atomic E-state index is -0.00428. The zero-order chi connectivity index (χ0) is 12.9. The van der Waals surface area contributed by atoms with Gasteiger partial charge in [-0.25, -0.2) is 0 Å². The van der Waals surface area contributed by atoms with Gasteiger partial charge in [0, 0.05) is 16.7 Å². The molecule has 0 aliphatic heterocycles. The fourth-order valence-electron chi connectivity index (χ4n) is 1.38. The molecule has 1 aromatic rings. The van der Waals surface area contributed by atoms with Crippen molar-refractivity contribution in [3.05, 3.63) is 24.0 Å². The molecule has 96 valence electrons. The van der Waals surface area contributed by atoms with Gasteiger partial charge >= 0.3 is 0 Å². The number of thioether (sulfide) groups is 1. The third-order valence-electron chi connectivity index (χ3n) is 2.23. The molecule has 0 aliphatic rings. The Kier molecular flexibility index (Phi) is 5.24. The average molecular weight is 255 g/mol. The predicted octanol–water partition coefficient (Wildman–Crippen LogP) is 2.13. The lowest BCUT2D eigenvalue weighted by Gasteiger charge is -2.23. The summed E-state index contributed by atoms with van der Waals surface area (Å²) in [6, 6.07) is 3.75. The van der Waals surface area contributed by atoms with Crippen LogP contribution in [-0.4, -0.2) is 22.6 Å². The molecule has 5 heteroatoms. The summed E-state index contributed by atoms with van der Waals surface area (Å²) in [6.45, 7) is 6.54. The van der Waals surface area contributed by atoms with Crippen molar-refractivity contribution in [3.63, 3.8) is 0 Å². The number of hydrogen-bond acceptors (Lipinski definition) is 5. The van der Waals surface area contributed by atoms with Crippen LogP contribution in [0.2, 0.25) is 0 Å². The SMILES string of the molecule is COc1cccnc1C(CSC(C)(C)C)NN. The van der Waals surface area contributed by atoms with Crippen molar-refractivity contribution in [2.75, 3.05) is 12.9 Å². The van der Waals surface area contributed by atoms with E-state index in [0.717, 1.165) is 17.2 Å². The van der Waals surface area contributed by atoms with Crippen molar-refractivity contribution in [1.29, 1.82) is 0 Å². The second-order valence-corrected chi connectivity index (χ2v) is 6.58. The molecule has 0 fully saturated rings. The molecule has 0 spiro atoms. The van der Waals surface area contributed by atoms with Crippen LogP contribution in [0.25, 0.3) is 0 Å². The predicted molar refractivity (Wildman–Crippen MR) is 73.1 cm³/mol. The number of pyridine rings is 1. The first-order valence-electron chi connectivity index (χ1n) is 5.57. The van der Waals surface area contributed by atoms with E-state index in [1.54, 1.807) is 13.3 Å². The van der Waals surface area contributed by atoms with Crippen LogP contribution in [0, 0.1) is 0 Å². The number of nitrogens with zero attached hydrogens (tertiary/aromatic N) is 1. The van der Waals surface area contributed by atoms with Crippen molar-refractivity contribution >= 4 is 11.8 Å². The molecule has 0 radical (unpaired) electrons. The molecular weight excluding hydrogens is 234 g/mol. The summed E-state index contributed by atoms with van der Waals surface area (Å²) >= 11 is 1.84. The minimum absolute atomic E-state index is 0.00428. The summed E-state index contributed by atoms with van der Waals surface area (Å²) in [5.74, 6) is 7.22. The van der Waals surface area contributed by atoms with E-state index < -0.39 is 0 Å². The maximum atomic E-state index is 5.60. The molecule has 0 bridgehead atoms. The molecule has 0 saturated carbocycles. The maximum Gasteiger partial charge on any atom is 0.142 e. The summed E-state index contributed by atoms with van der Waals surface area (Å²) < 4.78 is 5.50. The average Bonchev–Trinajstić information content (AvgIpc) is 2.29. The molecule has 1 atom stereocenters. The van der Waals surface area contributed by atoms with Crippen molar-refractivity contribution in [2.45, 2.75) is 31.6 Å². The van der Waals surface area contributed by atoms with Gasteiger partial charge < -0.3 is 4.74 Å². The van der Waals surface area contributed by atoms with Crippen LogP contribution in [0.15, 0.2) is 18.3 Å². The Morgan fingerprint density at radius 1 is 1.53 bits per heavy atom. The van der Waals surface area contributed by atoms with Crippen LogP contribution in [0.1, 0.15) is 32.5 Å². The Hall–Kier alpha value is -0.780. The van der Waals surface area contributed by atoms with E-state index in [2.05, 4.69) is 31.2 Å². The van der Waals surface area contributed by atoms with Crippen LogP contribution in [0.5, 0.6) is 5.75 Å². The van der Waals surface area contributed by atoms with E-state index in [1.807, 2.05) is 23.9 Å². The highest BCUT2D eigenvalue weighted by Gasteiger charge is 2.19. The largest absolute Gasteiger partial charge is 0.495 e. The lowest BCUT2D eigenvalue weighted by molar-refractivity contribution is 0.398. The molecular formula is C12H21N3OS. The lowest BCUT2D eigenvalue weighted by atomic mass is 10.2. The highest BCUT2D eigenvalue weighted by Crippen LogP contribution is 2.30. The Bertz CT molecular complexity index is 352. The standard InChI is InChI=1S/C12H21N3OS/c1-12(2,3)17-8-9(15-13)11-10(16-4)6-5-7-14-11/h5-7,9,15H,8,13H2,1-4H3. The normalized spacial score (nSPS) is 13.5. The van der Waals surface area contributed by atoms with Gasteiger partial charge in [-0.2, -0.15) is 11.8 Å². The first-order chi connectivity index (χ1) is 7.98. The minimum Gasteiger partial charge on any atom is -0.495 e. The zero-order valence-corrected chi connectivity index (χ0v) is 11.7. The van der Waals surface area contributed by atoms with E-state index in [0.29, 0.717) is 0 Å². The number of methoxy groups -OCH3 is 1. The van der Waals surface area contributed by atoms with E-state index in [4.69, 9.17) is 10.6 Å². The summed E-state index contributed by atoms with van der Waals surface area (Å²) in [7, 11) is 1.64. The summed E-state index contributed by atoms with van der Waals surface area (Å²) in [5, 5.41) is 0. The maximum absolute atomic E-state index is 5.60. The highest BCUT2D eigenvalue weighted by molar-refractivity contribution is 8.00. The van der Waals surface area contributed by atoms with Gasteiger partial charge in [0.05, 0.1) is 13.2 Å². The van der Waals surface area contributed by atoms with Crippen molar-refractivity contribution in [3.8, 4) is 5.75 Å². The van der Waals surface area contributed by atoms with Crippen molar-refractivity contribution in [1.82, 2.24) is 10.4 Å². The molecule has 1 heterocycles. The van der Waals surface area contributed by atoms with E-state index in [9.17, 15) is 0 Å². The number of aromatic nitrogens is 1. The third kappa shape index (κ3) is 4.53. The molecule has 1 rings (SSSR count). The number of rotatable bonds is 5. The van der Waals surface area contributed by atoms with Crippen molar-refractivity contribution < 1.29 is 4.74 Å². The molecule has 0 aromatic carbocycles. The van der Waals surface area contributed by atoms with Gasteiger partial charge in [-0.05, 0) is 12.1 Å². The number of nitrogens with two attached hydrogens (primary N) is 1. The first-order valence-corrected chi connectivity index (χ1v) is 6.55. The van der Waals surface area contributed by atoms with Crippen LogP contribution in [-0.2, 0) is 0 Å². The quantitative estimate of drug-likeness (QED) is 0.623. The zero-order valence-electron chi connectivity index (χ0n) is 10.9. The smallest absolute Gasteiger partial charge is 0.142 e. The Morgan fingerprint density at radius 2 is 2.24 bits per heavy atom. The van der Waals surface area contributed by atoms with Crippen LogP contribution >= 0.6 is 11.8 Å². The fraction of sp³-hybridized carbons (Fsp3) is 0.583. The molecule has 0 saturated heterocycles.